The lowest BCUT2D eigenvalue weighted by atomic mass is 10.0. The lowest BCUT2D eigenvalue weighted by molar-refractivity contribution is 0.505. The van der Waals surface area contributed by atoms with Crippen molar-refractivity contribution in [3.8, 4) is 0 Å². The molecule has 1 aliphatic carbocycles. The van der Waals surface area contributed by atoms with Crippen molar-refractivity contribution >= 4 is 0 Å². The molecule has 74 valence electrons. The van der Waals surface area contributed by atoms with Gasteiger partial charge in [-0.25, -0.2) is 0 Å². The van der Waals surface area contributed by atoms with E-state index in [0.29, 0.717) is 0 Å². The van der Waals surface area contributed by atoms with Gasteiger partial charge >= 0.3 is 0 Å². The molecule has 0 radical (unpaired) electrons. The molecule has 1 rings (SSSR count). The molecule has 0 heterocycles. The van der Waals surface area contributed by atoms with Gasteiger partial charge in [0.25, 0.3) is 0 Å². The predicted molar refractivity (Wildman–Crippen MR) is 56.5 cm³/mol. The molecule has 0 aliphatic heterocycles. The average Bonchev–Trinajstić information content (AvgIpc) is 2.14. The van der Waals surface area contributed by atoms with Crippen molar-refractivity contribution in [1.29, 1.82) is 0 Å². The Labute approximate surface area is 78.1 Å². The first-order chi connectivity index (χ1) is 5.63. The second-order valence-corrected chi connectivity index (χ2v) is 4.44. The van der Waals surface area contributed by atoms with Gasteiger partial charge in [0, 0.05) is 0 Å². The normalized spacial score (nSPS) is 19.8. The summed E-state index contributed by atoms with van der Waals surface area (Å²) >= 11 is 0. The SMILES string of the molecule is CC1CCCCCC1.CN(C)C. The molecule has 0 bridgehead atoms. The summed E-state index contributed by atoms with van der Waals surface area (Å²) in [6.07, 6.45) is 8.93. The molecular formula is C11H25N. The molecule has 0 aromatic heterocycles. The highest BCUT2D eigenvalue weighted by atomic mass is 15.0. The van der Waals surface area contributed by atoms with Crippen LogP contribution in [0.4, 0.5) is 0 Å². The van der Waals surface area contributed by atoms with Gasteiger partial charge in [-0.1, -0.05) is 45.4 Å². The van der Waals surface area contributed by atoms with Gasteiger partial charge in [-0.2, -0.15) is 0 Å². The molecule has 0 aromatic rings. The highest BCUT2D eigenvalue weighted by Crippen LogP contribution is 2.21. The third-order valence-corrected chi connectivity index (χ3v) is 2.14. The van der Waals surface area contributed by atoms with E-state index in [9.17, 15) is 0 Å². The summed E-state index contributed by atoms with van der Waals surface area (Å²) in [5.41, 5.74) is 0. The van der Waals surface area contributed by atoms with Crippen molar-refractivity contribution in [2.75, 3.05) is 21.1 Å². The van der Waals surface area contributed by atoms with Crippen LogP contribution in [0.3, 0.4) is 0 Å². The molecule has 1 saturated carbocycles. The van der Waals surface area contributed by atoms with E-state index < -0.39 is 0 Å². The van der Waals surface area contributed by atoms with Crippen molar-refractivity contribution < 1.29 is 0 Å². The fourth-order valence-corrected chi connectivity index (χ4v) is 1.48. The molecule has 12 heavy (non-hydrogen) atoms. The van der Waals surface area contributed by atoms with E-state index in [1.807, 2.05) is 26.0 Å². The molecule has 1 aliphatic rings. The van der Waals surface area contributed by atoms with Crippen LogP contribution >= 0.6 is 0 Å². The monoisotopic (exact) mass is 171 g/mol. The molecule has 0 aromatic carbocycles. The lowest BCUT2D eigenvalue weighted by Crippen LogP contribution is -1.99. The van der Waals surface area contributed by atoms with E-state index in [2.05, 4.69) is 6.92 Å². The zero-order valence-electron chi connectivity index (χ0n) is 9.27. The van der Waals surface area contributed by atoms with Gasteiger partial charge in [-0.15, -0.1) is 0 Å². The van der Waals surface area contributed by atoms with Gasteiger partial charge in [0.1, 0.15) is 0 Å². The highest BCUT2D eigenvalue weighted by Gasteiger charge is 2.05. The number of hydrogen-bond donors (Lipinski definition) is 0. The lowest BCUT2D eigenvalue weighted by Gasteiger charge is -2.02. The Morgan fingerprint density at radius 3 is 1.50 bits per heavy atom. The summed E-state index contributed by atoms with van der Waals surface area (Å²) < 4.78 is 0. The molecule has 0 atom stereocenters. The van der Waals surface area contributed by atoms with E-state index in [4.69, 9.17) is 0 Å². The van der Waals surface area contributed by atoms with Crippen LogP contribution < -0.4 is 0 Å². The largest absolute Gasteiger partial charge is 0.312 e. The number of rotatable bonds is 0. The molecule has 0 amide bonds. The van der Waals surface area contributed by atoms with E-state index >= 15 is 0 Å². The van der Waals surface area contributed by atoms with E-state index in [0.717, 1.165) is 5.92 Å². The van der Waals surface area contributed by atoms with E-state index in [-0.39, 0.29) is 0 Å². The zero-order valence-corrected chi connectivity index (χ0v) is 9.27. The Hall–Kier alpha value is -0.0400. The Balaban J connectivity index is 0.000000261. The highest BCUT2D eigenvalue weighted by molar-refractivity contribution is 4.58. The van der Waals surface area contributed by atoms with Gasteiger partial charge in [-0.3, -0.25) is 0 Å². The van der Waals surface area contributed by atoms with Crippen molar-refractivity contribution in [2.24, 2.45) is 5.92 Å². The van der Waals surface area contributed by atoms with Gasteiger partial charge in [-0.05, 0) is 27.1 Å². The standard InChI is InChI=1S/C8H16.C3H9N/c1-8-6-4-2-3-5-7-8;1-4(2)3/h8H,2-7H2,1H3;1-3H3. The first-order valence-corrected chi connectivity index (χ1v) is 5.24. The van der Waals surface area contributed by atoms with Gasteiger partial charge < -0.3 is 4.90 Å². The Morgan fingerprint density at radius 1 is 0.833 bits per heavy atom. The summed E-state index contributed by atoms with van der Waals surface area (Å²) in [5, 5.41) is 0. The topological polar surface area (TPSA) is 3.24 Å². The van der Waals surface area contributed by atoms with E-state index in [1.54, 1.807) is 0 Å². The summed E-state index contributed by atoms with van der Waals surface area (Å²) in [6.45, 7) is 2.38. The van der Waals surface area contributed by atoms with Crippen molar-refractivity contribution in [3.05, 3.63) is 0 Å². The summed E-state index contributed by atoms with van der Waals surface area (Å²) in [6, 6.07) is 0. The first kappa shape index (κ1) is 12.0. The Bertz CT molecular complexity index is 78.3. The summed E-state index contributed by atoms with van der Waals surface area (Å²) in [7, 11) is 6.00. The minimum absolute atomic E-state index is 1.03. The second kappa shape index (κ2) is 7.60. The van der Waals surface area contributed by atoms with Gasteiger partial charge in [0.15, 0.2) is 0 Å². The van der Waals surface area contributed by atoms with Crippen LogP contribution in [-0.2, 0) is 0 Å². The fraction of sp³-hybridized carbons (Fsp3) is 1.00. The van der Waals surface area contributed by atoms with Crippen LogP contribution in [-0.4, -0.2) is 26.0 Å². The van der Waals surface area contributed by atoms with Crippen molar-refractivity contribution in [3.63, 3.8) is 0 Å². The number of hydrogen-bond acceptors (Lipinski definition) is 1. The zero-order chi connectivity index (χ0) is 9.40. The first-order valence-electron chi connectivity index (χ1n) is 5.24. The minimum atomic E-state index is 1.03. The number of nitrogens with zero attached hydrogens (tertiary/aromatic N) is 1. The van der Waals surface area contributed by atoms with Crippen LogP contribution in [0.5, 0.6) is 0 Å². The fourth-order valence-electron chi connectivity index (χ4n) is 1.48. The maximum absolute atomic E-state index is 2.38. The van der Waals surface area contributed by atoms with Crippen LogP contribution in [0.1, 0.15) is 45.4 Å². The smallest absolute Gasteiger partial charge is 0.0140 e. The maximum Gasteiger partial charge on any atom is -0.0140 e. The third-order valence-electron chi connectivity index (χ3n) is 2.14. The van der Waals surface area contributed by atoms with E-state index in [1.165, 1.54) is 38.5 Å². The van der Waals surface area contributed by atoms with Crippen LogP contribution in [0.15, 0.2) is 0 Å². The Morgan fingerprint density at radius 2 is 1.17 bits per heavy atom. The van der Waals surface area contributed by atoms with Crippen LogP contribution in [0.25, 0.3) is 0 Å². The molecule has 0 spiro atoms. The van der Waals surface area contributed by atoms with Gasteiger partial charge in [0.05, 0.1) is 0 Å². The molecular weight excluding hydrogens is 146 g/mol. The molecule has 0 N–H and O–H groups in total. The third kappa shape index (κ3) is 9.96. The molecule has 1 fully saturated rings. The van der Waals surface area contributed by atoms with Crippen molar-refractivity contribution in [1.82, 2.24) is 4.90 Å². The Kier molecular flexibility index (Phi) is 7.58. The van der Waals surface area contributed by atoms with Crippen LogP contribution in [0.2, 0.25) is 0 Å². The minimum Gasteiger partial charge on any atom is -0.312 e. The van der Waals surface area contributed by atoms with Crippen LogP contribution in [0, 0.1) is 5.92 Å². The average molecular weight is 171 g/mol. The molecule has 0 unspecified atom stereocenters. The molecule has 0 saturated heterocycles. The summed E-state index contributed by atoms with van der Waals surface area (Å²) in [5.74, 6) is 1.03. The quantitative estimate of drug-likeness (QED) is 0.506. The summed E-state index contributed by atoms with van der Waals surface area (Å²) in [4.78, 5) is 2.00. The molecule has 1 heteroatoms. The molecule has 1 nitrogen and oxygen atoms in total. The maximum atomic E-state index is 2.38. The van der Waals surface area contributed by atoms with Crippen molar-refractivity contribution in [2.45, 2.75) is 45.4 Å². The predicted octanol–water partition coefficient (Wildman–Crippen LogP) is 3.15. The van der Waals surface area contributed by atoms with Gasteiger partial charge in [0.2, 0.25) is 0 Å². The second-order valence-electron chi connectivity index (χ2n) is 4.44.